The van der Waals surface area contributed by atoms with E-state index >= 15 is 0 Å². The van der Waals surface area contributed by atoms with E-state index in [1.54, 1.807) is 12.3 Å². The third-order valence-electron chi connectivity index (χ3n) is 2.75. The monoisotopic (exact) mass is 228 g/mol. The zero-order valence-electron chi connectivity index (χ0n) is 9.18. The van der Waals surface area contributed by atoms with Gasteiger partial charge in [-0.3, -0.25) is 0 Å². The second-order valence-corrected chi connectivity index (χ2v) is 3.83. The number of hydrogen-bond acceptors (Lipinski definition) is 5. The largest absolute Gasteiger partial charge is 0.493 e. The summed E-state index contributed by atoms with van der Waals surface area (Å²) in [4.78, 5) is 8.53. The van der Waals surface area contributed by atoms with Gasteiger partial charge >= 0.3 is 0 Å². The first-order valence-electron chi connectivity index (χ1n) is 5.42. The molecule has 2 aromatic rings. The second-order valence-electron chi connectivity index (χ2n) is 3.83. The third-order valence-corrected chi connectivity index (χ3v) is 2.75. The molecule has 3 rings (SSSR count). The van der Waals surface area contributed by atoms with Crippen LogP contribution in [-0.2, 0) is 6.42 Å². The molecule has 17 heavy (non-hydrogen) atoms. The highest BCUT2D eigenvalue weighted by molar-refractivity contribution is 5.60. The summed E-state index contributed by atoms with van der Waals surface area (Å²) in [6, 6.07) is 7.71. The quantitative estimate of drug-likeness (QED) is 0.600. The highest BCUT2D eigenvalue weighted by atomic mass is 16.5. The summed E-state index contributed by atoms with van der Waals surface area (Å²) < 4.78 is 5.46. The lowest BCUT2D eigenvalue weighted by Gasteiger charge is -2.04. The zero-order valence-corrected chi connectivity index (χ0v) is 9.18. The maximum absolute atomic E-state index is 5.46. The van der Waals surface area contributed by atoms with Crippen LogP contribution >= 0.6 is 0 Å². The van der Waals surface area contributed by atoms with E-state index in [0.29, 0.717) is 11.6 Å². The van der Waals surface area contributed by atoms with E-state index in [4.69, 9.17) is 10.6 Å². The molecule has 2 heterocycles. The van der Waals surface area contributed by atoms with Gasteiger partial charge in [0.05, 0.1) is 6.61 Å². The number of hydrazine groups is 1. The fraction of sp³-hybridized carbons (Fsp3) is 0.167. The fourth-order valence-electron chi connectivity index (χ4n) is 1.90. The third kappa shape index (κ3) is 1.81. The van der Waals surface area contributed by atoms with Gasteiger partial charge in [0, 0.05) is 24.2 Å². The van der Waals surface area contributed by atoms with Gasteiger partial charge in [-0.05, 0) is 23.8 Å². The first-order chi connectivity index (χ1) is 8.36. The number of nitrogens with two attached hydrogens (primary N) is 1. The van der Waals surface area contributed by atoms with Gasteiger partial charge in [0.2, 0.25) is 0 Å². The van der Waals surface area contributed by atoms with Gasteiger partial charge in [0.1, 0.15) is 11.6 Å². The summed E-state index contributed by atoms with van der Waals surface area (Å²) >= 11 is 0. The summed E-state index contributed by atoms with van der Waals surface area (Å²) in [6.07, 6.45) is 2.62. The van der Waals surface area contributed by atoms with Gasteiger partial charge in [0.15, 0.2) is 5.82 Å². The van der Waals surface area contributed by atoms with Crippen LogP contribution in [0.3, 0.4) is 0 Å². The topological polar surface area (TPSA) is 73.1 Å². The number of nitrogens with one attached hydrogen (secondary N) is 1. The Morgan fingerprint density at radius 3 is 3.12 bits per heavy atom. The lowest BCUT2D eigenvalue weighted by atomic mass is 10.1. The number of nitrogens with zero attached hydrogens (tertiary/aromatic N) is 2. The Hall–Kier alpha value is -2.14. The zero-order chi connectivity index (χ0) is 11.7. The summed E-state index contributed by atoms with van der Waals surface area (Å²) in [5, 5.41) is 0. The molecule has 0 atom stereocenters. The van der Waals surface area contributed by atoms with Crippen molar-refractivity contribution in [1.82, 2.24) is 9.97 Å². The molecular weight excluding hydrogens is 216 g/mol. The Morgan fingerprint density at radius 2 is 2.24 bits per heavy atom. The highest BCUT2D eigenvalue weighted by Gasteiger charge is 2.13. The van der Waals surface area contributed by atoms with Crippen LogP contribution in [0, 0.1) is 0 Å². The molecular formula is C12H12N4O. The van der Waals surface area contributed by atoms with Gasteiger partial charge in [-0.15, -0.1) is 0 Å². The Balaban J connectivity index is 2.03. The molecule has 0 aliphatic carbocycles. The molecule has 0 bridgehead atoms. The van der Waals surface area contributed by atoms with Crippen LogP contribution in [0.5, 0.6) is 5.75 Å². The highest BCUT2D eigenvalue weighted by Crippen LogP contribution is 2.29. The van der Waals surface area contributed by atoms with Crippen LogP contribution in [0.4, 0.5) is 5.82 Å². The first kappa shape index (κ1) is 10.0. The minimum atomic E-state index is 0.603. The number of aromatic nitrogens is 2. The summed E-state index contributed by atoms with van der Waals surface area (Å²) in [6.45, 7) is 0.754. The molecule has 5 heteroatoms. The molecule has 0 fully saturated rings. The van der Waals surface area contributed by atoms with Gasteiger partial charge < -0.3 is 10.2 Å². The number of fused-ring (bicyclic) bond motifs is 1. The summed E-state index contributed by atoms with van der Waals surface area (Å²) in [7, 11) is 0. The van der Waals surface area contributed by atoms with Crippen LogP contribution in [0.2, 0.25) is 0 Å². The molecule has 86 valence electrons. The van der Waals surface area contributed by atoms with Crippen LogP contribution in [0.25, 0.3) is 11.4 Å². The fourth-order valence-corrected chi connectivity index (χ4v) is 1.90. The Labute approximate surface area is 98.6 Å². The van der Waals surface area contributed by atoms with E-state index in [9.17, 15) is 0 Å². The molecule has 3 N–H and O–H groups in total. The SMILES string of the molecule is NNc1ccnc(-c2ccc3c(c2)CCO3)n1. The molecule has 0 spiro atoms. The standard InChI is InChI=1S/C12H12N4O/c13-16-11-3-5-14-12(15-11)9-1-2-10-8(7-9)4-6-17-10/h1-3,5,7H,4,6,13H2,(H,14,15,16). The molecule has 0 saturated heterocycles. The predicted octanol–water partition coefficient (Wildman–Crippen LogP) is 1.36. The van der Waals surface area contributed by atoms with Gasteiger partial charge in [0.25, 0.3) is 0 Å². The molecule has 0 amide bonds. The van der Waals surface area contributed by atoms with E-state index in [1.165, 1.54) is 5.56 Å². The number of ether oxygens (including phenoxy) is 1. The maximum Gasteiger partial charge on any atom is 0.161 e. The van der Waals surface area contributed by atoms with Crippen LogP contribution in [0.1, 0.15) is 5.56 Å². The van der Waals surface area contributed by atoms with Crippen molar-refractivity contribution in [1.29, 1.82) is 0 Å². The van der Waals surface area contributed by atoms with E-state index in [2.05, 4.69) is 21.5 Å². The second kappa shape index (κ2) is 4.03. The minimum Gasteiger partial charge on any atom is -0.493 e. The molecule has 1 aliphatic heterocycles. The van der Waals surface area contributed by atoms with Crippen molar-refractivity contribution < 1.29 is 4.74 Å². The molecule has 1 aromatic heterocycles. The number of benzene rings is 1. The van der Waals surface area contributed by atoms with Gasteiger partial charge in [-0.1, -0.05) is 0 Å². The summed E-state index contributed by atoms with van der Waals surface area (Å²) in [5.41, 5.74) is 4.70. The first-order valence-corrected chi connectivity index (χ1v) is 5.42. The van der Waals surface area contributed by atoms with Crippen molar-refractivity contribution in [3.8, 4) is 17.1 Å². The number of anilines is 1. The maximum atomic E-state index is 5.46. The van der Waals surface area contributed by atoms with E-state index in [0.717, 1.165) is 24.3 Å². The van der Waals surface area contributed by atoms with E-state index in [-0.39, 0.29) is 0 Å². The lowest BCUT2D eigenvalue weighted by Crippen LogP contribution is -2.09. The van der Waals surface area contributed by atoms with Crippen LogP contribution in [0.15, 0.2) is 30.5 Å². The Bertz CT molecular complexity index is 556. The molecule has 1 aromatic carbocycles. The van der Waals surface area contributed by atoms with Crippen molar-refractivity contribution in [3.05, 3.63) is 36.0 Å². The van der Waals surface area contributed by atoms with E-state index in [1.807, 2.05) is 12.1 Å². The van der Waals surface area contributed by atoms with Crippen molar-refractivity contribution >= 4 is 5.82 Å². The lowest BCUT2D eigenvalue weighted by molar-refractivity contribution is 0.357. The molecule has 0 radical (unpaired) electrons. The normalized spacial score (nSPS) is 13.0. The number of rotatable bonds is 2. The van der Waals surface area contributed by atoms with Crippen LogP contribution in [-0.4, -0.2) is 16.6 Å². The average Bonchev–Trinajstić information content (AvgIpc) is 2.86. The van der Waals surface area contributed by atoms with Crippen molar-refractivity contribution in [2.45, 2.75) is 6.42 Å². The predicted molar refractivity (Wildman–Crippen MR) is 64.5 cm³/mol. The van der Waals surface area contributed by atoms with Crippen molar-refractivity contribution in [2.75, 3.05) is 12.0 Å². The van der Waals surface area contributed by atoms with Gasteiger partial charge in [-0.25, -0.2) is 15.8 Å². The summed E-state index contributed by atoms with van der Waals surface area (Å²) in [5.74, 6) is 7.55. The molecule has 1 aliphatic rings. The van der Waals surface area contributed by atoms with Crippen LogP contribution < -0.4 is 16.0 Å². The average molecular weight is 228 g/mol. The minimum absolute atomic E-state index is 0.603. The molecule has 0 saturated carbocycles. The number of hydrogen-bond donors (Lipinski definition) is 2. The van der Waals surface area contributed by atoms with E-state index < -0.39 is 0 Å². The van der Waals surface area contributed by atoms with Crippen molar-refractivity contribution in [2.24, 2.45) is 5.84 Å². The van der Waals surface area contributed by atoms with Crippen molar-refractivity contribution in [3.63, 3.8) is 0 Å². The van der Waals surface area contributed by atoms with Gasteiger partial charge in [-0.2, -0.15) is 0 Å². The smallest absolute Gasteiger partial charge is 0.161 e. The Morgan fingerprint density at radius 1 is 1.29 bits per heavy atom. The molecule has 0 unspecified atom stereocenters. The Kier molecular flexibility index (Phi) is 2.38. The number of nitrogen functional groups attached to an aromatic ring is 1. The molecule has 5 nitrogen and oxygen atoms in total.